The van der Waals surface area contributed by atoms with Gasteiger partial charge in [-0.05, 0) is 30.7 Å². The Morgan fingerprint density at radius 3 is 2.28 bits per heavy atom. The molecule has 5 heteroatoms. The van der Waals surface area contributed by atoms with Gasteiger partial charge in [-0.25, -0.2) is 4.79 Å². The predicted molar refractivity (Wildman–Crippen MR) is 66.8 cm³/mol. The summed E-state index contributed by atoms with van der Waals surface area (Å²) in [6, 6.07) is 5.77. The number of carbonyl (C=O) groups is 2. The number of ether oxygens (including phenoxy) is 1. The first kappa shape index (κ1) is 14.0. The van der Waals surface area contributed by atoms with Crippen LogP contribution in [0, 0.1) is 0 Å². The van der Waals surface area contributed by atoms with Crippen molar-refractivity contribution in [3.05, 3.63) is 29.8 Å². The number of hydrogen-bond donors (Lipinski definition) is 1. The maximum atomic E-state index is 12.1. The molecule has 1 atom stereocenters. The number of methoxy groups -OCH3 is 1. The van der Waals surface area contributed by atoms with Gasteiger partial charge >= 0.3 is 5.97 Å². The molecule has 0 aliphatic heterocycles. The van der Waals surface area contributed by atoms with E-state index in [4.69, 9.17) is 9.84 Å². The third-order valence-electron chi connectivity index (χ3n) is 2.80. The number of benzene rings is 1. The van der Waals surface area contributed by atoms with E-state index in [9.17, 15) is 9.59 Å². The molecule has 0 heterocycles. The summed E-state index contributed by atoms with van der Waals surface area (Å²) in [4.78, 5) is 24.3. The predicted octanol–water partition coefficient (Wildman–Crippen LogP) is 1.63. The van der Waals surface area contributed by atoms with Crippen LogP contribution in [-0.2, 0) is 4.79 Å². The summed E-state index contributed by atoms with van der Waals surface area (Å²) in [6.07, 6.45) is 0.369. The minimum absolute atomic E-state index is 0.313. The normalized spacial score (nSPS) is 11.7. The number of nitrogens with zero attached hydrogens (tertiary/aromatic N) is 1. The number of aliphatic carboxylic acids is 1. The highest BCUT2D eigenvalue weighted by Crippen LogP contribution is 2.14. The van der Waals surface area contributed by atoms with Gasteiger partial charge in [0.05, 0.1) is 7.11 Å². The molecule has 1 rings (SSSR count). The van der Waals surface area contributed by atoms with E-state index in [2.05, 4.69) is 0 Å². The van der Waals surface area contributed by atoms with Gasteiger partial charge in [0, 0.05) is 12.6 Å². The fraction of sp³-hybridized carbons (Fsp3) is 0.385. The van der Waals surface area contributed by atoms with Crippen LogP contribution in [0.3, 0.4) is 0 Å². The third kappa shape index (κ3) is 3.00. The molecule has 0 radical (unpaired) electrons. The minimum atomic E-state index is -0.998. The van der Waals surface area contributed by atoms with E-state index >= 15 is 0 Å². The summed E-state index contributed by atoms with van der Waals surface area (Å²) in [5.74, 6) is -0.659. The Labute approximate surface area is 106 Å². The Morgan fingerprint density at radius 1 is 1.33 bits per heavy atom. The van der Waals surface area contributed by atoms with Crippen LogP contribution in [0.4, 0.5) is 0 Å². The second-order valence-corrected chi connectivity index (χ2v) is 3.91. The smallest absolute Gasteiger partial charge is 0.326 e. The largest absolute Gasteiger partial charge is 0.497 e. The van der Waals surface area contributed by atoms with E-state index in [0.29, 0.717) is 17.7 Å². The number of carbonyl (C=O) groups excluding carboxylic acids is 1. The summed E-state index contributed by atoms with van der Waals surface area (Å²) < 4.78 is 5.00. The molecular weight excluding hydrogens is 234 g/mol. The SMILES string of the molecule is CCC(C(=O)O)N(C)C(=O)c1ccc(OC)cc1. The summed E-state index contributed by atoms with van der Waals surface area (Å²) in [7, 11) is 3.04. The van der Waals surface area contributed by atoms with E-state index in [-0.39, 0.29) is 5.91 Å². The van der Waals surface area contributed by atoms with Gasteiger partial charge < -0.3 is 14.7 Å². The van der Waals surface area contributed by atoms with Crippen molar-refractivity contribution in [1.82, 2.24) is 4.90 Å². The summed E-state index contributed by atoms with van der Waals surface area (Å²) in [6.45, 7) is 1.73. The van der Waals surface area contributed by atoms with Gasteiger partial charge in [0.15, 0.2) is 0 Å². The molecular formula is C13H17NO4. The molecule has 0 saturated carbocycles. The lowest BCUT2D eigenvalue weighted by Crippen LogP contribution is -2.41. The first-order valence-corrected chi connectivity index (χ1v) is 5.65. The fourth-order valence-corrected chi connectivity index (χ4v) is 1.69. The van der Waals surface area contributed by atoms with Crippen molar-refractivity contribution in [2.24, 2.45) is 0 Å². The summed E-state index contributed by atoms with van der Waals surface area (Å²) >= 11 is 0. The molecule has 1 N–H and O–H groups in total. The molecule has 0 aliphatic carbocycles. The molecule has 98 valence electrons. The van der Waals surface area contributed by atoms with Crippen molar-refractivity contribution in [3.63, 3.8) is 0 Å². The van der Waals surface area contributed by atoms with Crippen LogP contribution in [0.1, 0.15) is 23.7 Å². The van der Waals surface area contributed by atoms with Crippen LogP contribution in [0.15, 0.2) is 24.3 Å². The Morgan fingerprint density at radius 2 is 1.89 bits per heavy atom. The van der Waals surface area contributed by atoms with Gasteiger partial charge in [-0.1, -0.05) is 6.92 Å². The molecule has 0 bridgehead atoms. The van der Waals surface area contributed by atoms with Crippen molar-refractivity contribution < 1.29 is 19.4 Å². The van der Waals surface area contributed by atoms with Gasteiger partial charge in [-0.2, -0.15) is 0 Å². The zero-order chi connectivity index (χ0) is 13.7. The Hall–Kier alpha value is -2.04. The lowest BCUT2D eigenvalue weighted by atomic mass is 10.1. The number of carboxylic acids is 1. The van der Waals surface area contributed by atoms with Gasteiger partial charge in [-0.3, -0.25) is 4.79 Å². The van der Waals surface area contributed by atoms with Crippen molar-refractivity contribution in [3.8, 4) is 5.75 Å². The molecule has 5 nitrogen and oxygen atoms in total. The van der Waals surface area contributed by atoms with Crippen LogP contribution < -0.4 is 4.74 Å². The van der Waals surface area contributed by atoms with Gasteiger partial charge in [0.25, 0.3) is 5.91 Å². The van der Waals surface area contributed by atoms with Crippen LogP contribution in [0.5, 0.6) is 5.75 Å². The first-order valence-electron chi connectivity index (χ1n) is 5.65. The quantitative estimate of drug-likeness (QED) is 0.863. The number of amides is 1. The number of likely N-dealkylation sites (N-methyl/N-ethyl adjacent to an activating group) is 1. The first-order chi connectivity index (χ1) is 8.51. The second-order valence-electron chi connectivity index (χ2n) is 3.91. The van der Waals surface area contributed by atoms with Gasteiger partial charge in [0.1, 0.15) is 11.8 Å². The molecule has 1 amide bonds. The maximum Gasteiger partial charge on any atom is 0.326 e. The molecule has 18 heavy (non-hydrogen) atoms. The lowest BCUT2D eigenvalue weighted by Gasteiger charge is -2.23. The van der Waals surface area contributed by atoms with E-state index in [1.807, 2.05) is 0 Å². The molecule has 0 aliphatic rings. The zero-order valence-electron chi connectivity index (χ0n) is 10.7. The fourth-order valence-electron chi connectivity index (χ4n) is 1.69. The van der Waals surface area contributed by atoms with Crippen LogP contribution in [-0.4, -0.2) is 42.1 Å². The van der Waals surface area contributed by atoms with Gasteiger partial charge in [-0.15, -0.1) is 0 Å². The Bertz CT molecular complexity index is 427. The topological polar surface area (TPSA) is 66.8 Å². The average molecular weight is 251 g/mol. The molecule has 1 aromatic rings. The van der Waals surface area contributed by atoms with Crippen molar-refractivity contribution >= 4 is 11.9 Å². The molecule has 0 spiro atoms. The third-order valence-corrected chi connectivity index (χ3v) is 2.80. The molecule has 0 fully saturated rings. The van der Waals surface area contributed by atoms with E-state index < -0.39 is 12.0 Å². The van der Waals surface area contributed by atoms with E-state index in [1.165, 1.54) is 11.9 Å². The highest BCUT2D eigenvalue weighted by Gasteiger charge is 2.25. The Balaban J connectivity index is 2.88. The second kappa shape index (κ2) is 6.05. The van der Waals surface area contributed by atoms with Gasteiger partial charge in [0.2, 0.25) is 0 Å². The molecule has 1 aromatic carbocycles. The maximum absolute atomic E-state index is 12.1. The van der Waals surface area contributed by atoms with Crippen LogP contribution in [0.2, 0.25) is 0 Å². The number of rotatable bonds is 5. The molecule has 1 unspecified atom stereocenters. The zero-order valence-corrected chi connectivity index (χ0v) is 10.7. The Kier molecular flexibility index (Phi) is 4.71. The van der Waals surface area contributed by atoms with Crippen molar-refractivity contribution in [1.29, 1.82) is 0 Å². The average Bonchev–Trinajstić information content (AvgIpc) is 2.38. The van der Waals surface area contributed by atoms with Crippen molar-refractivity contribution in [2.75, 3.05) is 14.2 Å². The summed E-state index contributed by atoms with van der Waals surface area (Å²) in [5.41, 5.74) is 0.443. The molecule has 0 saturated heterocycles. The highest BCUT2D eigenvalue weighted by atomic mass is 16.5. The van der Waals surface area contributed by atoms with E-state index in [0.717, 1.165) is 0 Å². The lowest BCUT2D eigenvalue weighted by molar-refractivity contribution is -0.142. The summed E-state index contributed by atoms with van der Waals surface area (Å²) in [5, 5.41) is 9.01. The highest BCUT2D eigenvalue weighted by molar-refractivity contribution is 5.96. The van der Waals surface area contributed by atoms with Crippen molar-refractivity contribution in [2.45, 2.75) is 19.4 Å². The standard InChI is InChI=1S/C13H17NO4/c1-4-11(13(16)17)14(2)12(15)9-5-7-10(18-3)8-6-9/h5-8,11H,4H2,1-3H3,(H,16,17). The monoisotopic (exact) mass is 251 g/mol. The number of hydrogen-bond acceptors (Lipinski definition) is 3. The molecule has 0 aromatic heterocycles. The minimum Gasteiger partial charge on any atom is -0.497 e. The van der Waals surface area contributed by atoms with E-state index in [1.54, 1.807) is 38.3 Å². The van der Waals surface area contributed by atoms with Crippen LogP contribution >= 0.6 is 0 Å². The van der Waals surface area contributed by atoms with Crippen LogP contribution in [0.25, 0.3) is 0 Å². The number of carboxylic acid groups (broad SMARTS) is 1.